The number of rotatable bonds is 4. The first-order valence-corrected chi connectivity index (χ1v) is 7.26. The molecule has 0 bridgehead atoms. The standard InChI is InChI=1S/C9H16N2O4S2/c1-15-9(12)7-4-2-3-5-11(7)17(13,14)6-8(10)16/h7H,2-6H2,1H3,(H2,10,16). The van der Waals surface area contributed by atoms with Crippen molar-refractivity contribution in [2.24, 2.45) is 5.73 Å². The predicted octanol–water partition coefficient (Wildman–Crippen LogP) is -0.370. The van der Waals surface area contributed by atoms with Crippen molar-refractivity contribution in [3.63, 3.8) is 0 Å². The number of thiocarbonyl (C=S) groups is 1. The Bertz CT molecular complexity index is 407. The summed E-state index contributed by atoms with van der Waals surface area (Å²) < 4.78 is 29.7. The maximum atomic E-state index is 12.0. The second-order valence-corrected chi connectivity index (χ2v) is 6.31. The van der Waals surface area contributed by atoms with Gasteiger partial charge in [-0.25, -0.2) is 8.42 Å². The van der Waals surface area contributed by atoms with E-state index in [4.69, 9.17) is 5.73 Å². The highest BCUT2D eigenvalue weighted by atomic mass is 32.2. The van der Waals surface area contributed by atoms with Crippen molar-refractivity contribution in [1.82, 2.24) is 4.31 Å². The Morgan fingerprint density at radius 3 is 2.71 bits per heavy atom. The molecule has 1 aliphatic heterocycles. The monoisotopic (exact) mass is 280 g/mol. The molecule has 1 rings (SSSR count). The summed E-state index contributed by atoms with van der Waals surface area (Å²) in [6.45, 7) is 0.310. The molecule has 17 heavy (non-hydrogen) atoms. The van der Waals surface area contributed by atoms with E-state index in [0.29, 0.717) is 13.0 Å². The summed E-state index contributed by atoms with van der Waals surface area (Å²) >= 11 is 4.60. The largest absolute Gasteiger partial charge is 0.468 e. The Hall–Kier alpha value is -0.730. The molecule has 0 saturated carbocycles. The van der Waals surface area contributed by atoms with E-state index in [-0.39, 0.29) is 4.99 Å². The molecule has 1 unspecified atom stereocenters. The number of piperidine rings is 1. The van der Waals surface area contributed by atoms with Gasteiger partial charge in [-0.1, -0.05) is 12.2 Å². The molecular weight excluding hydrogens is 264 g/mol. The van der Waals surface area contributed by atoms with Crippen LogP contribution < -0.4 is 5.73 Å². The van der Waals surface area contributed by atoms with E-state index in [1.807, 2.05) is 0 Å². The lowest BCUT2D eigenvalue weighted by Gasteiger charge is -2.32. The van der Waals surface area contributed by atoms with Crippen molar-refractivity contribution in [3.8, 4) is 0 Å². The van der Waals surface area contributed by atoms with Crippen LogP contribution in [0.15, 0.2) is 0 Å². The van der Waals surface area contributed by atoms with Gasteiger partial charge >= 0.3 is 5.97 Å². The molecule has 0 aromatic heterocycles. The molecular formula is C9H16N2O4S2. The van der Waals surface area contributed by atoms with Gasteiger partial charge < -0.3 is 10.5 Å². The minimum atomic E-state index is -3.62. The quantitative estimate of drug-likeness (QED) is 0.558. The second-order valence-electron chi connectivity index (χ2n) is 3.87. The number of carbonyl (C=O) groups excluding carboxylic acids is 1. The fourth-order valence-electron chi connectivity index (χ4n) is 1.87. The number of ether oxygens (including phenoxy) is 1. The first kappa shape index (κ1) is 14.3. The van der Waals surface area contributed by atoms with Crippen LogP contribution in [0.3, 0.4) is 0 Å². The van der Waals surface area contributed by atoms with Crippen LogP contribution in [0.4, 0.5) is 0 Å². The van der Waals surface area contributed by atoms with E-state index < -0.39 is 27.8 Å². The highest BCUT2D eigenvalue weighted by molar-refractivity contribution is 7.92. The van der Waals surface area contributed by atoms with Crippen molar-refractivity contribution < 1.29 is 17.9 Å². The third-order valence-electron chi connectivity index (χ3n) is 2.61. The fraction of sp³-hybridized carbons (Fsp3) is 0.778. The molecule has 0 radical (unpaired) electrons. The van der Waals surface area contributed by atoms with E-state index in [0.717, 1.165) is 17.1 Å². The Morgan fingerprint density at radius 2 is 2.18 bits per heavy atom. The van der Waals surface area contributed by atoms with Crippen molar-refractivity contribution in [3.05, 3.63) is 0 Å². The van der Waals surface area contributed by atoms with Crippen molar-refractivity contribution in [2.45, 2.75) is 25.3 Å². The molecule has 1 atom stereocenters. The summed E-state index contributed by atoms with van der Waals surface area (Å²) in [5.41, 5.74) is 5.25. The van der Waals surface area contributed by atoms with Gasteiger partial charge in [0.15, 0.2) is 0 Å². The third-order valence-corrected chi connectivity index (χ3v) is 4.76. The first-order valence-electron chi connectivity index (χ1n) is 5.24. The summed E-state index contributed by atoms with van der Waals surface area (Å²) in [5.74, 6) is -0.938. The van der Waals surface area contributed by atoms with Crippen LogP contribution in [0.1, 0.15) is 19.3 Å². The summed E-state index contributed by atoms with van der Waals surface area (Å²) in [6.07, 6.45) is 2.01. The van der Waals surface area contributed by atoms with Crippen LogP contribution in [0, 0.1) is 0 Å². The predicted molar refractivity (Wildman–Crippen MR) is 66.9 cm³/mol. The molecule has 8 heteroatoms. The molecule has 1 heterocycles. The average molecular weight is 280 g/mol. The Balaban J connectivity index is 2.91. The maximum Gasteiger partial charge on any atom is 0.324 e. The minimum Gasteiger partial charge on any atom is -0.468 e. The first-order chi connectivity index (χ1) is 7.88. The number of methoxy groups -OCH3 is 1. The molecule has 1 aliphatic rings. The second kappa shape index (κ2) is 5.74. The van der Waals surface area contributed by atoms with Crippen molar-refractivity contribution in [1.29, 1.82) is 0 Å². The van der Waals surface area contributed by atoms with Gasteiger partial charge in [0.1, 0.15) is 11.8 Å². The van der Waals surface area contributed by atoms with E-state index >= 15 is 0 Å². The van der Waals surface area contributed by atoms with Gasteiger partial charge in [0, 0.05) is 6.54 Å². The van der Waals surface area contributed by atoms with Crippen LogP contribution in [-0.4, -0.2) is 49.1 Å². The maximum absolute atomic E-state index is 12.0. The molecule has 1 saturated heterocycles. The zero-order valence-electron chi connectivity index (χ0n) is 9.59. The van der Waals surface area contributed by atoms with Crippen molar-refractivity contribution >= 4 is 33.2 Å². The van der Waals surface area contributed by atoms with E-state index in [1.54, 1.807) is 0 Å². The van der Waals surface area contributed by atoms with E-state index in [9.17, 15) is 13.2 Å². The number of nitrogens with two attached hydrogens (primary N) is 1. The Labute approximate surface area is 106 Å². The lowest BCUT2D eigenvalue weighted by molar-refractivity contribution is -0.146. The van der Waals surface area contributed by atoms with Gasteiger partial charge in [0.25, 0.3) is 0 Å². The zero-order chi connectivity index (χ0) is 13.1. The number of esters is 1. The van der Waals surface area contributed by atoms with Crippen molar-refractivity contribution in [2.75, 3.05) is 19.4 Å². The average Bonchev–Trinajstić information content (AvgIpc) is 2.26. The lowest BCUT2D eigenvalue weighted by atomic mass is 10.1. The SMILES string of the molecule is COC(=O)C1CCCCN1S(=O)(=O)CC(N)=S. The van der Waals surface area contributed by atoms with Crippen LogP contribution in [0.5, 0.6) is 0 Å². The number of hydrogen-bond donors (Lipinski definition) is 1. The normalized spacial score (nSPS) is 22.1. The number of carbonyl (C=O) groups is 1. The highest BCUT2D eigenvalue weighted by Gasteiger charge is 2.37. The summed E-state index contributed by atoms with van der Waals surface area (Å²) in [6, 6.07) is -0.743. The van der Waals surface area contributed by atoms with Crippen LogP contribution in [0.2, 0.25) is 0 Å². The van der Waals surface area contributed by atoms with Gasteiger partial charge in [0.05, 0.1) is 12.1 Å². The minimum absolute atomic E-state index is 0.0980. The molecule has 0 amide bonds. The van der Waals surface area contributed by atoms with Crippen LogP contribution >= 0.6 is 12.2 Å². The van der Waals surface area contributed by atoms with E-state index in [1.165, 1.54) is 7.11 Å². The van der Waals surface area contributed by atoms with Gasteiger partial charge in [-0.2, -0.15) is 4.31 Å². The van der Waals surface area contributed by atoms with Crippen LogP contribution in [0.25, 0.3) is 0 Å². The number of hydrogen-bond acceptors (Lipinski definition) is 5. The molecule has 1 fully saturated rings. The van der Waals surface area contributed by atoms with E-state index in [2.05, 4.69) is 17.0 Å². The summed E-state index contributed by atoms with van der Waals surface area (Å²) in [4.78, 5) is 11.4. The smallest absolute Gasteiger partial charge is 0.324 e. The molecule has 6 nitrogen and oxygen atoms in total. The topological polar surface area (TPSA) is 89.7 Å². The lowest BCUT2D eigenvalue weighted by Crippen LogP contribution is -2.50. The summed E-state index contributed by atoms with van der Waals surface area (Å²) in [5, 5.41) is 0. The Kier molecular flexibility index (Phi) is 4.84. The highest BCUT2D eigenvalue weighted by Crippen LogP contribution is 2.21. The number of nitrogens with zero attached hydrogens (tertiary/aromatic N) is 1. The van der Waals surface area contributed by atoms with Gasteiger partial charge in [0.2, 0.25) is 10.0 Å². The third kappa shape index (κ3) is 3.62. The Morgan fingerprint density at radius 1 is 1.53 bits per heavy atom. The van der Waals surface area contributed by atoms with Gasteiger partial charge in [-0.05, 0) is 19.3 Å². The van der Waals surface area contributed by atoms with Crippen LogP contribution in [-0.2, 0) is 19.6 Å². The summed E-state index contributed by atoms with van der Waals surface area (Å²) in [7, 11) is -2.38. The fourth-order valence-corrected chi connectivity index (χ4v) is 3.83. The molecule has 0 aromatic carbocycles. The molecule has 98 valence electrons. The number of sulfonamides is 1. The van der Waals surface area contributed by atoms with Gasteiger partial charge in [-0.3, -0.25) is 4.79 Å². The molecule has 0 aromatic rings. The van der Waals surface area contributed by atoms with Gasteiger partial charge in [-0.15, -0.1) is 0 Å². The molecule has 0 spiro atoms. The zero-order valence-corrected chi connectivity index (χ0v) is 11.2. The molecule has 0 aliphatic carbocycles. The molecule has 2 N–H and O–H groups in total.